The first-order chi connectivity index (χ1) is 17.0. The van der Waals surface area contributed by atoms with Crippen molar-refractivity contribution in [3.05, 3.63) is 94.5 Å². The topological polar surface area (TPSA) is 39.2 Å². The smallest absolute Gasteiger partial charge is 0.261 e. The predicted molar refractivity (Wildman–Crippen MR) is 142 cm³/mol. The number of carbonyl (C=O) groups excluding carboxylic acids is 1. The fourth-order valence-electron chi connectivity index (χ4n) is 5.98. The van der Waals surface area contributed by atoms with Crippen LogP contribution >= 0.6 is 11.6 Å². The minimum absolute atomic E-state index is 0.0161. The molecular formula is C29H29ClN4O. The summed E-state index contributed by atoms with van der Waals surface area (Å²) < 4.78 is 0. The Morgan fingerprint density at radius 2 is 1.77 bits per heavy atom. The van der Waals surface area contributed by atoms with Gasteiger partial charge in [-0.05, 0) is 55.7 Å². The van der Waals surface area contributed by atoms with Crippen LogP contribution in [0.15, 0.2) is 77.9 Å². The second kappa shape index (κ2) is 8.51. The normalized spacial score (nSPS) is 23.9. The molecule has 0 radical (unpaired) electrons. The van der Waals surface area contributed by atoms with Crippen molar-refractivity contribution in [3.63, 3.8) is 0 Å². The summed E-state index contributed by atoms with van der Waals surface area (Å²) >= 11 is 6.43. The molecule has 0 bridgehead atoms. The number of amides is 1. The summed E-state index contributed by atoms with van der Waals surface area (Å²) in [5.74, 6) is 0.0658. The van der Waals surface area contributed by atoms with Crippen molar-refractivity contribution >= 4 is 34.6 Å². The Kier molecular flexibility index (Phi) is 5.42. The fourth-order valence-corrected chi connectivity index (χ4v) is 6.15. The summed E-state index contributed by atoms with van der Waals surface area (Å²) in [7, 11) is 0. The molecule has 0 saturated carbocycles. The summed E-state index contributed by atoms with van der Waals surface area (Å²) in [4.78, 5) is 19.2. The van der Waals surface area contributed by atoms with E-state index in [-0.39, 0.29) is 11.9 Å². The highest BCUT2D eigenvalue weighted by molar-refractivity contribution is 6.31. The highest BCUT2D eigenvalue weighted by Crippen LogP contribution is 2.48. The molecule has 178 valence electrons. The van der Waals surface area contributed by atoms with E-state index in [9.17, 15) is 4.79 Å². The number of halogens is 1. The van der Waals surface area contributed by atoms with E-state index >= 15 is 0 Å². The Morgan fingerprint density at radius 1 is 1.00 bits per heavy atom. The quantitative estimate of drug-likeness (QED) is 0.506. The first-order valence-corrected chi connectivity index (χ1v) is 12.6. The van der Waals surface area contributed by atoms with Crippen LogP contribution in [-0.4, -0.2) is 42.2 Å². The largest absolute Gasteiger partial charge is 0.364 e. The van der Waals surface area contributed by atoms with Crippen LogP contribution < -0.4 is 9.91 Å². The van der Waals surface area contributed by atoms with Crippen molar-refractivity contribution in [2.75, 3.05) is 29.5 Å². The molecule has 1 spiro atoms. The highest BCUT2D eigenvalue weighted by Gasteiger charge is 2.59. The summed E-state index contributed by atoms with van der Waals surface area (Å²) in [6.07, 6.45) is 0.635. The Bertz CT molecular complexity index is 1310. The minimum Gasteiger partial charge on any atom is -0.364 e. The first kappa shape index (κ1) is 22.3. The molecule has 1 amide bonds. The predicted octanol–water partition coefficient (Wildman–Crippen LogP) is 5.30. The Balaban J connectivity index is 1.41. The molecule has 5 nitrogen and oxygen atoms in total. The number of piperazine rings is 1. The molecular weight excluding hydrogens is 456 g/mol. The first-order valence-electron chi connectivity index (χ1n) is 12.2. The lowest BCUT2D eigenvalue weighted by Gasteiger charge is -2.53. The van der Waals surface area contributed by atoms with Gasteiger partial charge in [-0.15, -0.1) is 0 Å². The maximum absolute atomic E-state index is 14.3. The van der Waals surface area contributed by atoms with Gasteiger partial charge in [0.15, 0.2) is 0 Å². The number of hydrogen-bond donors (Lipinski definition) is 0. The van der Waals surface area contributed by atoms with Gasteiger partial charge in [0.05, 0.1) is 17.4 Å². The van der Waals surface area contributed by atoms with E-state index in [0.29, 0.717) is 6.42 Å². The van der Waals surface area contributed by atoms with Crippen LogP contribution in [0.2, 0.25) is 5.02 Å². The van der Waals surface area contributed by atoms with E-state index in [4.69, 9.17) is 16.7 Å². The van der Waals surface area contributed by atoms with Crippen LogP contribution in [0.5, 0.6) is 0 Å². The molecule has 0 aromatic heterocycles. The average molecular weight is 485 g/mol. The molecule has 0 aliphatic carbocycles. The fraction of sp³-hybridized carbons (Fsp3) is 0.310. The van der Waals surface area contributed by atoms with Crippen LogP contribution in [-0.2, 0) is 17.8 Å². The lowest BCUT2D eigenvalue weighted by atomic mass is 9.67. The molecule has 3 heterocycles. The van der Waals surface area contributed by atoms with Gasteiger partial charge >= 0.3 is 0 Å². The van der Waals surface area contributed by atoms with E-state index in [1.54, 1.807) is 5.01 Å². The maximum Gasteiger partial charge on any atom is 0.261 e. The third kappa shape index (κ3) is 3.65. The van der Waals surface area contributed by atoms with E-state index in [1.807, 2.05) is 37.3 Å². The Labute approximate surface area is 211 Å². The molecule has 3 aromatic carbocycles. The number of rotatable bonds is 3. The Hall–Kier alpha value is -3.15. The zero-order chi connectivity index (χ0) is 24.2. The van der Waals surface area contributed by atoms with Crippen molar-refractivity contribution in [1.82, 2.24) is 4.90 Å². The van der Waals surface area contributed by atoms with Gasteiger partial charge in [0.25, 0.3) is 5.91 Å². The summed E-state index contributed by atoms with van der Waals surface area (Å²) in [6.45, 7) is 7.52. The van der Waals surface area contributed by atoms with Crippen LogP contribution in [0.1, 0.15) is 23.6 Å². The van der Waals surface area contributed by atoms with E-state index < -0.39 is 5.41 Å². The lowest BCUT2D eigenvalue weighted by Crippen LogP contribution is -2.66. The Morgan fingerprint density at radius 3 is 2.54 bits per heavy atom. The second-order valence-corrected chi connectivity index (χ2v) is 10.4. The molecule has 1 saturated heterocycles. The SMILES string of the molecule is CC1=NN(c2ccc(C)cc2)C(=O)[C@@]12Cc1ccc(Cl)cc1N1CCN(Cc3ccccc3)C[C@@H]12. The van der Waals surface area contributed by atoms with Crippen LogP contribution in [0.4, 0.5) is 11.4 Å². The zero-order valence-corrected chi connectivity index (χ0v) is 20.9. The van der Waals surface area contributed by atoms with Gasteiger partial charge < -0.3 is 4.90 Å². The summed E-state index contributed by atoms with van der Waals surface area (Å²) in [5.41, 5.74) is 5.77. The second-order valence-electron chi connectivity index (χ2n) is 9.99. The van der Waals surface area contributed by atoms with E-state index in [0.717, 1.165) is 59.4 Å². The summed E-state index contributed by atoms with van der Waals surface area (Å²) in [6, 6.07) is 24.7. The van der Waals surface area contributed by atoms with Crippen molar-refractivity contribution in [2.45, 2.75) is 32.9 Å². The van der Waals surface area contributed by atoms with Gasteiger partial charge in [0, 0.05) is 36.9 Å². The standard InChI is InChI=1S/C29H29ClN4O/c1-20-8-12-25(13-9-20)34-28(35)29(21(2)31-34)17-23-10-11-24(30)16-26(23)33-15-14-32(19-27(29)33)18-22-6-4-3-5-7-22/h3-13,16,27H,14-15,17-19H2,1-2H3/t27-,29+/m1/s1. The molecule has 3 aromatic rings. The third-order valence-corrected chi connectivity index (χ3v) is 8.09. The molecule has 0 N–H and O–H groups in total. The molecule has 6 rings (SSSR count). The number of hydrazone groups is 1. The van der Waals surface area contributed by atoms with Crippen LogP contribution in [0, 0.1) is 12.3 Å². The highest BCUT2D eigenvalue weighted by atomic mass is 35.5. The van der Waals surface area contributed by atoms with Gasteiger partial charge in [-0.1, -0.05) is 65.7 Å². The van der Waals surface area contributed by atoms with Crippen molar-refractivity contribution in [1.29, 1.82) is 0 Å². The number of anilines is 2. The number of benzene rings is 3. The molecule has 2 atom stereocenters. The number of carbonyl (C=O) groups is 1. The average Bonchev–Trinajstić information content (AvgIpc) is 3.11. The van der Waals surface area contributed by atoms with Crippen molar-refractivity contribution < 1.29 is 4.79 Å². The van der Waals surface area contributed by atoms with E-state index in [1.165, 1.54) is 5.56 Å². The molecule has 1 fully saturated rings. The van der Waals surface area contributed by atoms with Gasteiger partial charge in [-0.3, -0.25) is 9.69 Å². The van der Waals surface area contributed by atoms with Gasteiger partial charge in [0.2, 0.25) is 0 Å². The van der Waals surface area contributed by atoms with Crippen LogP contribution in [0.3, 0.4) is 0 Å². The molecule has 35 heavy (non-hydrogen) atoms. The van der Waals surface area contributed by atoms with Gasteiger partial charge in [0.1, 0.15) is 5.41 Å². The van der Waals surface area contributed by atoms with Crippen molar-refractivity contribution in [3.8, 4) is 0 Å². The molecule has 0 unspecified atom stereocenters. The van der Waals surface area contributed by atoms with Crippen molar-refractivity contribution in [2.24, 2.45) is 10.5 Å². The van der Waals surface area contributed by atoms with E-state index in [2.05, 4.69) is 59.2 Å². The zero-order valence-electron chi connectivity index (χ0n) is 20.1. The van der Waals surface area contributed by atoms with Gasteiger partial charge in [-0.2, -0.15) is 10.1 Å². The number of aryl methyl sites for hydroxylation is 1. The number of fused-ring (bicyclic) bond motifs is 4. The molecule has 3 aliphatic heterocycles. The monoisotopic (exact) mass is 484 g/mol. The number of hydrogen-bond acceptors (Lipinski definition) is 4. The third-order valence-electron chi connectivity index (χ3n) is 7.86. The maximum atomic E-state index is 14.3. The minimum atomic E-state index is -0.707. The molecule has 3 aliphatic rings. The lowest BCUT2D eigenvalue weighted by molar-refractivity contribution is -0.125. The summed E-state index contributed by atoms with van der Waals surface area (Å²) in [5, 5.41) is 7.23. The molecule has 6 heteroatoms. The van der Waals surface area contributed by atoms with Gasteiger partial charge in [-0.25, -0.2) is 0 Å². The number of nitrogens with zero attached hydrogens (tertiary/aromatic N) is 4. The van der Waals surface area contributed by atoms with Crippen LogP contribution in [0.25, 0.3) is 0 Å².